The number of unbranched alkanes of at least 4 members (excludes halogenated alkanes) is 1. The highest BCUT2D eigenvalue weighted by atomic mass is 16.4. The molecule has 1 aromatic rings. The van der Waals surface area contributed by atoms with Crippen molar-refractivity contribution >= 4 is 23.5 Å². The van der Waals surface area contributed by atoms with Crippen molar-refractivity contribution in [1.82, 2.24) is 5.32 Å². The van der Waals surface area contributed by atoms with Gasteiger partial charge in [-0.05, 0) is 31.9 Å². The Bertz CT molecular complexity index is 488. The summed E-state index contributed by atoms with van der Waals surface area (Å²) >= 11 is 0. The summed E-state index contributed by atoms with van der Waals surface area (Å²) in [6, 6.07) is 8.34. The Morgan fingerprint density at radius 3 is 2.33 bits per heavy atom. The third-order valence-corrected chi connectivity index (χ3v) is 2.86. The smallest absolute Gasteiger partial charge is 0.303 e. The second kappa shape index (κ2) is 8.73. The molecule has 1 aromatic carbocycles. The Balaban J connectivity index is 2.28. The van der Waals surface area contributed by atoms with Crippen LogP contribution in [0.15, 0.2) is 30.3 Å². The van der Waals surface area contributed by atoms with Crippen LogP contribution in [0.25, 0.3) is 0 Å². The largest absolute Gasteiger partial charge is 0.481 e. The zero-order valence-corrected chi connectivity index (χ0v) is 12.0. The lowest BCUT2D eigenvalue weighted by molar-refractivity contribution is -0.137. The quantitative estimate of drug-likeness (QED) is 0.636. The van der Waals surface area contributed by atoms with E-state index in [1.165, 1.54) is 0 Å². The van der Waals surface area contributed by atoms with Gasteiger partial charge in [0.25, 0.3) is 0 Å². The number of aliphatic carboxylic acids is 1. The topological polar surface area (TPSA) is 95.5 Å². The fourth-order valence-electron chi connectivity index (χ4n) is 1.71. The van der Waals surface area contributed by atoms with E-state index in [1.54, 1.807) is 31.2 Å². The summed E-state index contributed by atoms with van der Waals surface area (Å²) in [6.07, 6.45) is 1.21. The lowest BCUT2D eigenvalue weighted by Gasteiger charge is -2.14. The first-order chi connectivity index (χ1) is 9.99. The Hall–Kier alpha value is -2.37. The van der Waals surface area contributed by atoms with Gasteiger partial charge >= 0.3 is 5.97 Å². The first-order valence-electron chi connectivity index (χ1n) is 6.86. The monoisotopic (exact) mass is 292 g/mol. The second-order valence-electron chi connectivity index (χ2n) is 4.75. The summed E-state index contributed by atoms with van der Waals surface area (Å²) in [5, 5.41) is 13.8. The average molecular weight is 292 g/mol. The van der Waals surface area contributed by atoms with Crippen molar-refractivity contribution in [2.75, 3.05) is 5.32 Å². The highest BCUT2D eigenvalue weighted by Crippen LogP contribution is 2.06. The van der Waals surface area contributed by atoms with E-state index in [9.17, 15) is 14.4 Å². The van der Waals surface area contributed by atoms with E-state index in [4.69, 9.17) is 5.11 Å². The highest BCUT2D eigenvalue weighted by molar-refractivity contribution is 5.96. The molecule has 2 amide bonds. The van der Waals surface area contributed by atoms with Gasteiger partial charge in [0.1, 0.15) is 6.04 Å². The number of hydrogen-bond acceptors (Lipinski definition) is 3. The minimum atomic E-state index is -0.869. The molecular formula is C15H20N2O4. The molecule has 1 rings (SSSR count). The number of amides is 2. The summed E-state index contributed by atoms with van der Waals surface area (Å²) in [5.74, 6) is -1.41. The molecule has 0 saturated carbocycles. The molecule has 21 heavy (non-hydrogen) atoms. The summed E-state index contributed by atoms with van der Waals surface area (Å²) in [4.78, 5) is 33.8. The fourth-order valence-corrected chi connectivity index (χ4v) is 1.71. The zero-order valence-electron chi connectivity index (χ0n) is 12.0. The van der Waals surface area contributed by atoms with Gasteiger partial charge in [-0.3, -0.25) is 14.4 Å². The van der Waals surface area contributed by atoms with Crippen LogP contribution in [0.3, 0.4) is 0 Å². The first-order valence-corrected chi connectivity index (χ1v) is 6.86. The van der Waals surface area contributed by atoms with Crippen LogP contribution < -0.4 is 10.6 Å². The van der Waals surface area contributed by atoms with Gasteiger partial charge in [-0.15, -0.1) is 0 Å². The van der Waals surface area contributed by atoms with E-state index in [1.807, 2.05) is 6.07 Å². The maximum absolute atomic E-state index is 11.9. The van der Waals surface area contributed by atoms with E-state index < -0.39 is 12.0 Å². The molecule has 3 N–H and O–H groups in total. The third-order valence-electron chi connectivity index (χ3n) is 2.86. The lowest BCUT2D eigenvalue weighted by atomic mass is 10.2. The van der Waals surface area contributed by atoms with Gasteiger partial charge < -0.3 is 15.7 Å². The number of anilines is 1. The van der Waals surface area contributed by atoms with Crippen molar-refractivity contribution in [2.24, 2.45) is 0 Å². The molecule has 1 atom stereocenters. The van der Waals surface area contributed by atoms with Crippen LogP contribution in [0.5, 0.6) is 0 Å². The molecule has 114 valence electrons. The van der Waals surface area contributed by atoms with Crippen molar-refractivity contribution in [1.29, 1.82) is 0 Å². The van der Waals surface area contributed by atoms with E-state index >= 15 is 0 Å². The molecular weight excluding hydrogens is 272 g/mol. The van der Waals surface area contributed by atoms with Gasteiger partial charge in [0.15, 0.2) is 0 Å². The van der Waals surface area contributed by atoms with Crippen molar-refractivity contribution in [3.05, 3.63) is 30.3 Å². The van der Waals surface area contributed by atoms with Crippen LogP contribution in [0, 0.1) is 0 Å². The predicted molar refractivity (Wildman–Crippen MR) is 78.8 cm³/mol. The molecule has 0 spiro atoms. The van der Waals surface area contributed by atoms with Crippen LogP contribution in [-0.4, -0.2) is 28.9 Å². The molecule has 6 nitrogen and oxygen atoms in total. The van der Waals surface area contributed by atoms with Gasteiger partial charge in [-0.1, -0.05) is 18.2 Å². The second-order valence-corrected chi connectivity index (χ2v) is 4.75. The van der Waals surface area contributed by atoms with Gasteiger partial charge in [0.2, 0.25) is 11.8 Å². The van der Waals surface area contributed by atoms with E-state index in [0.717, 1.165) is 0 Å². The van der Waals surface area contributed by atoms with Crippen molar-refractivity contribution in [3.8, 4) is 0 Å². The average Bonchev–Trinajstić information content (AvgIpc) is 2.44. The van der Waals surface area contributed by atoms with Crippen LogP contribution in [0.2, 0.25) is 0 Å². The normalized spacial score (nSPS) is 11.5. The van der Waals surface area contributed by atoms with Gasteiger partial charge in [-0.2, -0.15) is 0 Å². The summed E-state index contributed by atoms with van der Waals surface area (Å²) in [6.45, 7) is 1.60. The molecule has 0 aromatic heterocycles. The summed E-state index contributed by atoms with van der Waals surface area (Å²) < 4.78 is 0. The van der Waals surface area contributed by atoms with E-state index in [-0.39, 0.29) is 24.7 Å². The van der Waals surface area contributed by atoms with E-state index in [2.05, 4.69) is 10.6 Å². The van der Waals surface area contributed by atoms with Crippen molar-refractivity contribution < 1.29 is 19.5 Å². The summed E-state index contributed by atoms with van der Waals surface area (Å²) in [5.41, 5.74) is 0.671. The number of carbonyl (C=O) groups excluding carboxylic acids is 2. The maximum Gasteiger partial charge on any atom is 0.303 e. The number of carboxylic acids is 1. The molecule has 0 saturated heterocycles. The number of nitrogens with one attached hydrogen (secondary N) is 2. The molecule has 1 unspecified atom stereocenters. The Morgan fingerprint density at radius 1 is 1.10 bits per heavy atom. The Kier molecular flexibility index (Phi) is 6.94. The summed E-state index contributed by atoms with van der Waals surface area (Å²) in [7, 11) is 0. The standard InChI is InChI=1S/C15H20N2O4/c1-11(15(21)17-12-7-3-2-4-8-12)16-13(18)9-5-6-10-14(19)20/h2-4,7-8,11H,5-6,9-10H2,1H3,(H,16,18)(H,17,21)(H,19,20). The lowest BCUT2D eigenvalue weighted by Crippen LogP contribution is -2.41. The minimum absolute atomic E-state index is 0.0529. The van der Waals surface area contributed by atoms with E-state index in [0.29, 0.717) is 18.5 Å². The molecule has 0 heterocycles. The van der Waals surface area contributed by atoms with Gasteiger partial charge in [-0.25, -0.2) is 0 Å². The minimum Gasteiger partial charge on any atom is -0.481 e. The molecule has 0 aliphatic carbocycles. The number of para-hydroxylation sites is 1. The predicted octanol–water partition coefficient (Wildman–Crippen LogP) is 1.77. The third kappa shape index (κ3) is 7.10. The SMILES string of the molecule is CC(NC(=O)CCCCC(=O)O)C(=O)Nc1ccccc1. The van der Waals surface area contributed by atoms with Crippen molar-refractivity contribution in [3.63, 3.8) is 0 Å². The number of rotatable bonds is 8. The fraction of sp³-hybridized carbons (Fsp3) is 0.400. The molecule has 0 aliphatic rings. The van der Waals surface area contributed by atoms with Gasteiger partial charge in [0.05, 0.1) is 0 Å². The molecule has 6 heteroatoms. The molecule has 0 fully saturated rings. The molecule has 0 bridgehead atoms. The molecule has 0 radical (unpaired) electrons. The number of carbonyl (C=O) groups is 3. The number of hydrogen-bond donors (Lipinski definition) is 3. The van der Waals surface area contributed by atoms with Crippen LogP contribution in [-0.2, 0) is 14.4 Å². The zero-order chi connectivity index (χ0) is 15.7. The van der Waals surface area contributed by atoms with Crippen LogP contribution in [0.1, 0.15) is 32.6 Å². The highest BCUT2D eigenvalue weighted by Gasteiger charge is 2.15. The molecule has 0 aliphatic heterocycles. The Morgan fingerprint density at radius 2 is 1.71 bits per heavy atom. The maximum atomic E-state index is 11.9. The Labute approximate surface area is 123 Å². The van der Waals surface area contributed by atoms with Gasteiger partial charge in [0, 0.05) is 18.5 Å². The van der Waals surface area contributed by atoms with Crippen LogP contribution in [0.4, 0.5) is 5.69 Å². The van der Waals surface area contributed by atoms with Crippen LogP contribution >= 0.6 is 0 Å². The number of carboxylic acid groups (broad SMARTS) is 1. The van der Waals surface area contributed by atoms with Crippen molar-refractivity contribution in [2.45, 2.75) is 38.6 Å². The number of benzene rings is 1. The first kappa shape index (κ1) is 16.7.